The molecule has 9 heteroatoms. The van der Waals surface area contributed by atoms with Crippen LogP contribution in [0.25, 0.3) is 5.76 Å². The Bertz CT molecular complexity index is 1320. The number of benzene rings is 2. The van der Waals surface area contributed by atoms with E-state index in [9.17, 15) is 14.7 Å². The van der Waals surface area contributed by atoms with Gasteiger partial charge in [0.1, 0.15) is 24.7 Å². The SMILES string of the molecule is CCCOc1cccc([C@H]2/C(=C(\O)c3ccc4c(c3)OCCO4)C(=O)C(=O)N2CCCn2ccnc2)c1. The number of rotatable bonds is 9. The highest BCUT2D eigenvalue weighted by molar-refractivity contribution is 6.46. The Hall–Kier alpha value is -4.27. The number of aliphatic hydroxyl groups is 1. The highest BCUT2D eigenvalue weighted by Gasteiger charge is 2.46. The lowest BCUT2D eigenvalue weighted by Gasteiger charge is -2.26. The third-order valence-corrected chi connectivity index (χ3v) is 6.38. The van der Waals surface area contributed by atoms with Crippen molar-refractivity contribution < 1.29 is 28.9 Å². The van der Waals surface area contributed by atoms with E-state index in [4.69, 9.17) is 14.2 Å². The highest BCUT2D eigenvalue weighted by atomic mass is 16.6. The molecule has 37 heavy (non-hydrogen) atoms. The van der Waals surface area contributed by atoms with Crippen molar-refractivity contribution >= 4 is 17.4 Å². The molecular weight excluding hydrogens is 474 g/mol. The molecule has 2 aliphatic rings. The van der Waals surface area contributed by atoms with Crippen LogP contribution in [0.5, 0.6) is 17.2 Å². The molecule has 1 aromatic heterocycles. The first-order valence-corrected chi connectivity index (χ1v) is 12.4. The summed E-state index contributed by atoms with van der Waals surface area (Å²) in [6.45, 7) is 4.36. The lowest BCUT2D eigenvalue weighted by Crippen LogP contribution is -2.31. The maximum absolute atomic E-state index is 13.3. The van der Waals surface area contributed by atoms with Crippen LogP contribution in [0.15, 0.2) is 66.8 Å². The minimum atomic E-state index is -0.763. The second kappa shape index (κ2) is 10.8. The summed E-state index contributed by atoms with van der Waals surface area (Å²) in [7, 11) is 0. The van der Waals surface area contributed by atoms with Crippen LogP contribution in [-0.2, 0) is 16.1 Å². The van der Waals surface area contributed by atoms with Crippen LogP contribution >= 0.6 is 0 Å². The first-order chi connectivity index (χ1) is 18.1. The van der Waals surface area contributed by atoms with Gasteiger partial charge < -0.3 is 28.8 Å². The minimum Gasteiger partial charge on any atom is -0.507 e. The van der Waals surface area contributed by atoms with Crippen molar-refractivity contribution in [3.05, 3.63) is 77.9 Å². The number of carbonyl (C=O) groups is 2. The van der Waals surface area contributed by atoms with Crippen LogP contribution in [0.2, 0.25) is 0 Å². The van der Waals surface area contributed by atoms with E-state index in [0.717, 1.165) is 6.42 Å². The molecule has 0 saturated carbocycles. The molecule has 9 nitrogen and oxygen atoms in total. The molecule has 5 rings (SSSR count). The Morgan fingerprint density at radius 3 is 2.73 bits per heavy atom. The molecule has 3 aromatic rings. The number of hydrogen-bond acceptors (Lipinski definition) is 7. The molecule has 1 atom stereocenters. The number of nitrogens with zero attached hydrogens (tertiary/aromatic N) is 3. The number of amides is 1. The Labute approximate surface area is 214 Å². The van der Waals surface area contributed by atoms with Gasteiger partial charge in [-0.1, -0.05) is 19.1 Å². The van der Waals surface area contributed by atoms with E-state index in [1.54, 1.807) is 30.7 Å². The predicted molar refractivity (Wildman–Crippen MR) is 136 cm³/mol. The molecule has 3 heterocycles. The Balaban J connectivity index is 1.53. The first-order valence-electron chi connectivity index (χ1n) is 12.4. The molecule has 192 valence electrons. The number of Topliss-reactive ketones (excluding diaryl/α,β-unsaturated/α-hetero) is 1. The van der Waals surface area contributed by atoms with Crippen LogP contribution < -0.4 is 14.2 Å². The van der Waals surface area contributed by atoms with Gasteiger partial charge in [0, 0.05) is 31.0 Å². The lowest BCUT2D eigenvalue weighted by atomic mass is 9.95. The quantitative estimate of drug-likeness (QED) is 0.268. The van der Waals surface area contributed by atoms with E-state index in [0.29, 0.717) is 67.7 Å². The van der Waals surface area contributed by atoms with E-state index in [1.165, 1.54) is 4.90 Å². The average Bonchev–Trinajstić information content (AvgIpc) is 3.54. The molecular formula is C28H29N3O6. The van der Waals surface area contributed by atoms with Gasteiger partial charge >= 0.3 is 0 Å². The maximum atomic E-state index is 13.3. The number of ketones is 1. The molecule has 1 N–H and O–H groups in total. The van der Waals surface area contributed by atoms with Crippen molar-refractivity contribution in [1.29, 1.82) is 0 Å². The highest BCUT2D eigenvalue weighted by Crippen LogP contribution is 2.41. The molecule has 1 saturated heterocycles. The van der Waals surface area contributed by atoms with Crippen molar-refractivity contribution in [2.24, 2.45) is 0 Å². The number of imidazole rings is 1. The van der Waals surface area contributed by atoms with Gasteiger partial charge in [-0.2, -0.15) is 0 Å². The molecule has 2 aromatic carbocycles. The zero-order valence-corrected chi connectivity index (χ0v) is 20.6. The van der Waals surface area contributed by atoms with Gasteiger partial charge in [0.2, 0.25) is 0 Å². The maximum Gasteiger partial charge on any atom is 0.295 e. The molecule has 0 aliphatic carbocycles. The molecule has 0 spiro atoms. The predicted octanol–water partition coefficient (Wildman–Crippen LogP) is 3.96. The van der Waals surface area contributed by atoms with Crippen LogP contribution in [0.3, 0.4) is 0 Å². The second-order valence-corrected chi connectivity index (χ2v) is 8.93. The summed E-state index contributed by atoms with van der Waals surface area (Å²) in [5, 5.41) is 11.4. The number of aliphatic hydroxyl groups excluding tert-OH is 1. The van der Waals surface area contributed by atoms with Crippen LogP contribution in [-0.4, -0.2) is 57.6 Å². The van der Waals surface area contributed by atoms with Gasteiger partial charge in [-0.05, 0) is 48.7 Å². The van der Waals surface area contributed by atoms with Gasteiger partial charge in [-0.25, -0.2) is 4.98 Å². The standard InChI is InChI=1S/C28H29N3O6/c1-2-13-35-21-6-3-5-19(16-21)25-24(26(32)20-7-8-22-23(17-20)37-15-14-36-22)27(33)28(34)31(25)11-4-10-30-12-9-29-18-30/h3,5-9,12,16-18,25,32H,2,4,10-11,13-15H2,1H3/b26-24+/t25-/m0/s1. The summed E-state index contributed by atoms with van der Waals surface area (Å²) < 4.78 is 19.0. The zero-order chi connectivity index (χ0) is 25.8. The monoisotopic (exact) mass is 503 g/mol. The van der Waals surface area contributed by atoms with Crippen molar-refractivity contribution in [2.75, 3.05) is 26.4 Å². The summed E-state index contributed by atoms with van der Waals surface area (Å²) in [6.07, 6.45) is 6.71. The number of likely N-dealkylation sites (tertiary alicyclic amines) is 1. The van der Waals surface area contributed by atoms with Gasteiger partial charge in [0.05, 0.1) is 24.5 Å². The molecule has 1 fully saturated rings. The van der Waals surface area contributed by atoms with Crippen molar-refractivity contribution in [1.82, 2.24) is 14.5 Å². The number of aromatic nitrogens is 2. The summed E-state index contributed by atoms with van der Waals surface area (Å²) in [5.74, 6) is 0.0750. The second-order valence-electron chi connectivity index (χ2n) is 8.93. The third-order valence-electron chi connectivity index (χ3n) is 6.38. The van der Waals surface area contributed by atoms with E-state index in [2.05, 4.69) is 4.98 Å². The fourth-order valence-corrected chi connectivity index (χ4v) is 4.64. The fourth-order valence-electron chi connectivity index (χ4n) is 4.64. The largest absolute Gasteiger partial charge is 0.507 e. The summed E-state index contributed by atoms with van der Waals surface area (Å²) in [4.78, 5) is 32.2. The Morgan fingerprint density at radius 2 is 1.95 bits per heavy atom. The Morgan fingerprint density at radius 1 is 1.11 bits per heavy atom. The zero-order valence-electron chi connectivity index (χ0n) is 20.6. The summed E-state index contributed by atoms with van der Waals surface area (Å²) >= 11 is 0. The number of carbonyl (C=O) groups excluding carboxylic acids is 2. The van der Waals surface area contributed by atoms with Crippen molar-refractivity contribution in [3.63, 3.8) is 0 Å². The molecule has 0 radical (unpaired) electrons. The fraction of sp³-hybridized carbons (Fsp3) is 0.321. The molecule has 0 unspecified atom stereocenters. The number of ether oxygens (including phenoxy) is 3. The molecule has 2 aliphatic heterocycles. The number of aryl methyl sites for hydroxylation is 1. The lowest BCUT2D eigenvalue weighted by molar-refractivity contribution is -0.139. The number of hydrogen-bond donors (Lipinski definition) is 1. The van der Waals surface area contributed by atoms with E-state index in [-0.39, 0.29) is 11.3 Å². The normalized spacial score (nSPS) is 18.3. The van der Waals surface area contributed by atoms with Gasteiger partial charge in [0.25, 0.3) is 11.7 Å². The van der Waals surface area contributed by atoms with Gasteiger partial charge in [-0.15, -0.1) is 0 Å². The molecule has 0 bridgehead atoms. The summed E-state index contributed by atoms with van der Waals surface area (Å²) in [5.41, 5.74) is 1.11. The first kappa shape index (κ1) is 24.4. The number of fused-ring (bicyclic) bond motifs is 1. The van der Waals surface area contributed by atoms with Crippen molar-refractivity contribution in [2.45, 2.75) is 32.4 Å². The minimum absolute atomic E-state index is 0.0388. The topological polar surface area (TPSA) is 103 Å². The van der Waals surface area contributed by atoms with Crippen molar-refractivity contribution in [3.8, 4) is 17.2 Å². The van der Waals surface area contributed by atoms with E-state index < -0.39 is 17.7 Å². The van der Waals surface area contributed by atoms with E-state index >= 15 is 0 Å². The third kappa shape index (κ3) is 5.02. The smallest absolute Gasteiger partial charge is 0.295 e. The average molecular weight is 504 g/mol. The van der Waals surface area contributed by atoms with E-state index in [1.807, 2.05) is 42.0 Å². The van der Waals surface area contributed by atoms with Crippen LogP contribution in [0.1, 0.15) is 36.9 Å². The van der Waals surface area contributed by atoms with Gasteiger partial charge in [-0.3, -0.25) is 9.59 Å². The summed E-state index contributed by atoms with van der Waals surface area (Å²) in [6, 6.07) is 11.6. The Kier molecular flexibility index (Phi) is 7.11. The molecule has 1 amide bonds. The van der Waals surface area contributed by atoms with Crippen LogP contribution in [0.4, 0.5) is 0 Å². The van der Waals surface area contributed by atoms with Gasteiger partial charge in [0.15, 0.2) is 11.5 Å². The van der Waals surface area contributed by atoms with Crippen LogP contribution in [0, 0.1) is 0 Å².